The lowest BCUT2D eigenvalue weighted by molar-refractivity contribution is 0.0254. The number of amides is 1. The number of nitriles is 1. The number of rotatable bonds is 6. The fourth-order valence-corrected chi connectivity index (χ4v) is 5.12. The summed E-state index contributed by atoms with van der Waals surface area (Å²) in [5.41, 5.74) is 4.49. The molecule has 1 N–H and O–H groups in total. The van der Waals surface area contributed by atoms with Crippen LogP contribution < -0.4 is 15.3 Å². The molecule has 8 heteroatoms. The highest BCUT2D eigenvalue weighted by atomic mass is 16.5. The Kier molecular flexibility index (Phi) is 8.44. The predicted molar refractivity (Wildman–Crippen MR) is 157 cm³/mol. The number of H-pyrrole nitrogens is 1. The summed E-state index contributed by atoms with van der Waals surface area (Å²) in [5, 5.41) is 11.4. The Morgan fingerprint density at radius 3 is 2.48 bits per heavy atom. The minimum absolute atomic E-state index is 0.0470. The maximum atomic E-state index is 13.0. The molecular weight excluding hydrogens is 502 g/mol. The molecule has 1 aromatic heterocycles. The molecule has 0 unspecified atom stereocenters. The van der Waals surface area contributed by atoms with Crippen molar-refractivity contribution < 1.29 is 14.3 Å². The van der Waals surface area contributed by atoms with Crippen molar-refractivity contribution in [1.29, 1.82) is 5.26 Å². The lowest BCUT2D eigenvalue weighted by atomic mass is 10.0. The first-order chi connectivity index (χ1) is 19.5. The molecule has 2 fully saturated rings. The molecule has 206 valence electrons. The van der Waals surface area contributed by atoms with Crippen molar-refractivity contribution in [3.05, 3.63) is 75.8 Å². The minimum atomic E-state index is 0.0470. The van der Waals surface area contributed by atoms with Crippen LogP contribution in [0.15, 0.2) is 53.5 Å². The number of hydrogen-bond acceptors (Lipinski definition) is 6. The molecule has 5 rings (SSSR count). The van der Waals surface area contributed by atoms with E-state index in [9.17, 15) is 10.1 Å². The minimum Gasteiger partial charge on any atom is -0.489 e. The van der Waals surface area contributed by atoms with Gasteiger partial charge in [0.1, 0.15) is 17.9 Å². The molecule has 0 atom stereocenters. The average Bonchev–Trinajstić information content (AvgIpc) is 3.38. The number of aromatic amines is 1. The topological polar surface area (TPSA) is 94.0 Å². The van der Waals surface area contributed by atoms with E-state index in [2.05, 4.69) is 34.6 Å². The Hall–Kier alpha value is -4.19. The largest absolute Gasteiger partial charge is 0.489 e. The third-order valence-electron chi connectivity index (χ3n) is 7.48. The van der Waals surface area contributed by atoms with Crippen molar-refractivity contribution in [2.24, 2.45) is 4.99 Å². The smallest absolute Gasteiger partial charge is 0.253 e. The Morgan fingerprint density at radius 1 is 1.10 bits per heavy atom. The highest BCUT2D eigenvalue weighted by Crippen LogP contribution is 2.26. The van der Waals surface area contributed by atoms with E-state index in [0.29, 0.717) is 41.1 Å². The summed E-state index contributed by atoms with van der Waals surface area (Å²) < 4.78 is 11.6. The third-order valence-corrected chi connectivity index (χ3v) is 7.48. The van der Waals surface area contributed by atoms with Crippen LogP contribution in [-0.4, -0.2) is 79.5 Å². The van der Waals surface area contributed by atoms with Gasteiger partial charge in [-0.1, -0.05) is 18.7 Å². The van der Waals surface area contributed by atoms with Crippen LogP contribution in [-0.2, 0) is 4.74 Å². The van der Waals surface area contributed by atoms with Gasteiger partial charge in [-0.25, -0.2) is 0 Å². The van der Waals surface area contributed by atoms with Gasteiger partial charge in [-0.05, 0) is 55.9 Å². The number of likely N-dealkylation sites (N-methyl/N-ethyl adjacent to an activating group) is 1. The fraction of sp³-hybridized carbons (Fsp3) is 0.344. The van der Waals surface area contributed by atoms with Crippen molar-refractivity contribution in [3.63, 3.8) is 0 Å². The number of aliphatic imine (C=N–C) groups is 1. The molecule has 0 radical (unpaired) electrons. The van der Waals surface area contributed by atoms with E-state index in [0.717, 1.165) is 61.1 Å². The summed E-state index contributed by atoms with van der Waals surface area (Å²) in [6.45, 7) is 10.7. The highest BCUT2D eigenvalue weighted by Gasteiger charge is 2.21. The van der Waals surface area contributed by atoms with Crippen LogP contribution in [0.3, 0.4) is 0 Å². The molecule has 0 bridgehead atoms. The number of nitrogens with zero attached hydrogens (tertiary/aromatic N) is 4. The van der Waals surface area contributed by atoms with Crippen LogP contribution in [0.1, 0.15) is 41.3 Å². The fourth-order valence-electron chi connectivity index (χ4n) is 5.12. The molecular formula is C32H35N5O3. The number of piperazine rings is 1. The Labute approximate surface area is 234 Å². The third kappa shape index (κ3) is 6.01. The van der Waals surface area contributed by atoms with Crippen molar-refractivity contribution in [3.8, 4) is 23.1 Å². The number of ether oxygens (including phenoxy) is 2. The van der Waals surface area contributed by atoms with Gasteiger partial charge in [-0.2, -0.15) is 5.26 Å². The first-order valence-electron chi connectivity index (χ1n) is 13.7. The molecule has 2 aliphatic heterocycles. The maximum Gasteiger partial charge on any atom is 0.253 e. The van der Waals surface area contributed by atoms with Gasteiger partial charge in [0.05, 0.1) is 24.5 Å². The van der Waals surface area contributed by atoms with Gasteiger partial charge in [0.15, 0.2) is 0 Å². The van der Waals surface area contributed by atoms with Gasteiger partial charge < -0.3 is 24.3 Å². The number of aromatic nitrogens is 1. The van der Waals surface area contributed by atoms with Crippen molar-refractivity contribution in [2.75, 3.05) is 46.4 Å². The zero-order chi connectivity index (χ0) is 28.1. The summed E-state index contributed by atoms with van der Waals surface area (Å²) in [6.07, 6.45) is 3.41. The van der Waals surface area contributed by atoms with E-state index in [1.165, 1.54) is 0 Å². The quantitative estimate of drug-likeness (QED) is 0.488. The first-order valence-corrected chi connectivity index (χ1v) is 13.7. The number of carbonyl (C=O) groups excluding carboxylic acids is 1. The zero-order valence-corrected chi connectivity index (χ0v) is 23.2. The number of hydrogen-bond donors (Lipinski definition) is 1. The molecule has 3 heterocycles. The Balaban J connectivity index is 1.43. The van der Waals surface area contributed by atoms with Crippen molar-refractivity contribution >= 4 is 24.4 Å². The van der Waals surface area contributed by atoms with Gasteiger partial charge in [0.2, 0.25) is 0 Å². The summed E-state index contributed by atoms with van der Waals surface area (Å²) in [4.78, 5) is 25.1. The van der Waals surface area contributed by atoms with Gasteiger partial charge in [-0.3, -0.25) is 9.79 Å². The monoisotopic (exact) mass is 537 g/mol. The summed E-state index contributed by atoms with van der Waals surface area (Å²) in [7, 11) is 2.08. The zero-order valence-electron chi connectivity index (χ0n) is 23.2. The summed E-state index contributed by atoms with van der Waals surface area (Å²) >= 11 is 0. The molecule has 2 aliphatic rings. The van der Waals surface area contributed by atoms with E-state index in [1.807, 2.05) is 60.4 Å². The molecule has 3 aromatic rings. The highest BCUT2D eigenvalue weighted by molar-refractivity contribution is 5.94. The van der Waals surface area contributed by atoms with E-state index in [4.69, 9.17) is 9.47 Å². The Morgan fingerprint density at radius 2 is 1.80 bits per heavy atom. The lowest BCUT2D eigenvalue weighted by Crippen LogP contribution is -2.47. The van der Waals surface area contributed by atoms with Gasteiger partial charge in [0.25, 0.3) is 5.91 Å². The van der Waals surface area contributed by atoms with Gasteiger partial charge >= 0.3 is 0 Å². The lowest BCUT2D eigenvalue weighted by Gasteiger charge is -2.32. The van der Waals surface area contributed by atoms with E-state index in [1.54, 1.807) is 6.21 Å². The molecule has 0 aliphatic carbocycles. The second-order valence-electron chi connectivity index (χ2n) is 10.2. The normalized spacial score (nSPS) is 17.6. The molecule has 0 spiro atoms. The predicted octanol–water partition coefficient (Wildman–Crippen LogP) is 3.16. The number of benzene rings is 2. The molecule has 2 aromatic carbocycles. The van der Waals surface area contributed by atoms with Gasteiger partial charge in [-0.15, -0.1) is 0 Å². The first kappa shape index (κ1) is 27.4. The second kappa shape index (κ2) is 12.3. The average molecular weight is 538 g/mol. The van der Waals surface area contributed by atoms with Crippen molar-refractivity contribution in [1.82, 2.24) is 14.8 Å². The standard InChI is InChI=1S/C32H35N5O3/c1-4-34-31(25-9-10-30(26(19-25)21-33)40-27-11-17-39-18-12-27)28-20-29(35-22(28)2)23-5-7-24(8-6-23)32(38)37-15-13-36(3)14-16-37/h4-10,19-20,27,35H,2,11-18H2,1,3H3/b31-28-,34-4?. The Bertz CT molecular complexity index is 1540. The van der Waals surface area contributed by atoms with Crippen molar-refractivity contribution in [2.45, 2.75) is 25.9 Å². The molecule has 1 amide bonds. The van der Waals surface area contributed by atoms with Gasteiger partial charge in [0, 0.05) is 72.6 Å². The summed E-state index contributed by atoms with van der Waals surface area (Å²) in [6, 6.07) is 17.6. The van der Waals surface area contributed by atoms with Crippen LogP contribution in [0.25, 0.3) is 23.5 Å². The van der Waals surface area contributed by atoms with Crippen LogP contribution in [0, 0.1) is 11.3 Å². The van der Waals surface area contributed by atoms with Crippen LogP contribution in [0.2, 0.25) is 0 Å². The molecule has 8 nitrogen and oxygen atoms in total. The maximum absolute atomic E-state index is 13.0. The SMILES string of the molecule is C=c1[nH]c(-c2ccc(C(=O)N3CCN(C)CC3)cc2)c/c1=C(/N=CC)c1ccc(OC2CCOCC2)c(C#N)c1. The molecule has 2 saturated heterocycles. The number of carbonyl (C=O) groups is 1. The van der Waals surface area contributed by atoms with E-state index < -0.39 is 0 Å². The molecule has 40 heavy (non-hydrogen) atoms. The van der Waals surface area contributed by atoms with Crippen LogP contribution >= 0.6 is 0 Å². The second-order valence-corrected chi connectivity index (χ2v) is 10.2. The van der Waals surface area contributed by atoms with Crippen LogP contribution in [0.5, 0.6) is 5.75 Å². The van der Waals surface area contributed by atoms with Crippen LogP contribution in [0.4, 0.5) is 0 Å². The van der Waals surface area contributed by atoms with E-state index in [-0.39, 0.29) is 12.0 Å². The van der Waals surface area contributed by atoms with E-state index >= 15 is 0 Å². The number of nitrogens with one attached hydrogen (secondary N) is 1. The molecule has 0 saturated carbocycles. The summed E-state index contributed by atoms with van der Waals surface area (Å²) in [5.74, 6) is 0.643.